The Hall–Kier alpha value is -1.27. The molecule has 1 atom stereocenters. The monoisotopic (exact) mass is 290 g/mol. The lowest BCUT2D eigenvalue weighted by Gasteiger charge is -2.22. The van der Waals surface area contributed by atoms with Crippen molar-refractivity contribution in [3.05, 3.63) is 29.3 Å². The average molecular weight is 290 g/mol. The van der Waals surface area contributed by atoms with Gasteiger partial charge in [-0.25, -0.2) is 0 Å². The van der Waals surface area contributed by atoms with Crippen molar-refractivity contribution >= 4 is 0 Å². The predicted octanol–water partition coefficient (Wildman–Crippen LogP) is 2.43. The maximum atomic E-state index is 12.6. The molecule has 3 nitrogen and oxygen atoms in total. The summed E-state index contributed by atoms with van der Waals surface area (Å²) >= 11 is 0. The molecule has 0 amide bonds. The Bertz CT molecular complexity index is 431. The highest BCUT2D eigenvalue weighted by molar-refractivity contribution is 5.39. The van der Waals surface area contributed by atoms with Gasteiger partial charge in [-0.2, -0.15) is 13.2 Å². The van der Waals surface area contributed by atoms with E-state index in [0.717, 1.165) is 17.7 Å². The summed E-state index contributed by atoms with van der Waals surface area (Å²) in [6.45, 7) is 2.91. The first-order valence-electron chi connectivity index (χ1n) is 6.47. The quantitative estimate of drug-likeness (QED) is 0.846. The summed E-state index contributed by atoms with van der Waals surface area (Å²) in [7, 11) is 1.37. The van der Waals surface area contributed by atoms with Gasteiger partial charge in [-0.05, 0) is 49.0 Å². The van der Waals surface area contributed by atoms with Gasteiger partial charge in [0.2, 0.25) is 0 Å². The Morgan fingerprint density at radius 2 is 1.80 bits per heavy atom. The first-order valence-corrected chi connectivity index (χ1v) is 6.47. The molecular formula is C14H21F3N2O. The molecule has 0 aliphatic rings. The van der Waals surface area contributed by atoms with Gasteiger partial charge in [0.05, 0.1) is 12.7 Å². The van der Waals surface area contributed by atoms with Crippen LogP contribution >= 0.6 is 0 Å². The molecule has 0 fully saturated rings. The first-order chi connectivity index (χ1) is 9.33. The molecule has 0 saturated heterocycles. The van der Waals surface area contributed by atoms with E-state index in [9.17, 15) is 13.2 Å². The van der Waals surface area contributed by atoms with Crippen LogP contribution in [-0.2, 0) is 12.6 Å². The van der Waals surface area contributed by atoms with Crippen LogP contribution in [0.3, 0.4) is 0 Å². The van der Waals surface area contributed by atoms with Crippen molar-refractivity contribution in [3.8, 4) is 5.75 Å². The van der Waals surface area contributed by atoms with Crippen LogP contribution in [0, 0.1) is 11.8 Å². The summed E-state index contributed by atoms with van der Waals surface area (Å²) in [5.41, 5.74) is 11.3. The fourth-order valence-corrected chi connectivity index (χ4v) is 2.16. The second kappa shape index (κ2) is 6.95. The van der Waals surface area contributed by atoms with Gasteiger partial charge in [-0.1, -0.05) is 13.0 Å². The Morgan fingerprint density at radius 1 is 1.20 bits per heavy atom. The number of ether oxygens (including phenoxy) is 1. The van der Waals surface area contributed by atoms with E-state index >= 15 is 0 Å². The van der Waals surface area contributed by atoms with Gasteiger partial charge in [0, 0.05) is 0 Å². The molecule has 6 heteroatoms. The maximum Gasteiger partial charge on any atom is 0.416 e. The number of hydrogen-bond acceptors (Lipinski definition) is 3. The summed E-state index contributed by atoms with van der Waals surface area (Å²) in [6.07, 6.45) is -3.78. The van der Waals surface area contributed by atoms with E-state index in [-0.39, 0.29) is 17.6 Å². The third-order valence-electron chi connectivity index (χ3n) is 3.57. The van der Waals surface area contributed by atoms with E-state index in [4.69, 9.17) is 16.2 Å². The number of benzene rings is 1. The Morgan fingerprint density at radius 3 is 2.25 bits per heavy atom. The zero-order valence-corrected chi connectivity index (χ0v) is 11.7. The van der Waals surface area contributed by atoms with Gasteiger partial charge < -0.3 is 16.2 Å². The van der Waals surface area contributed by atoms with Crippen LogP contribution in [0.2, 0.25) is 0 Å². The molecule has 1 rings (SSSR count). The number of rotatable bonds is 6. The highest BCUT2D eigenvalue weighted by Gasteiger charge is 2.31. The van der Waals surface area contributed by atoms with Crippen molar-refractivity contribution in [3.63, 3.8) is 0 Å². The zero-order valence-electron chi connectivity index (χ0n) is 11.7. The standard InChI is InChI=1S/C14H21F3N2O/c1-9(11(7-18)8-19)5-10-3-4-12(14(15,16)17)6-13(10)20-2/h3-4,6,9,11H,5,7-8,18-19H2,1-2H3. The molecule has 0 aliphatic heterocycles. The molecule has 1 unspecified atom stereocenters. The summed E-state index contributed by atoms with van der Waals surface area (Å²) < 4.78 is 43.0. The Kier molecular flexibility index (Phi) is 5.83. The van der Waals surface area contributed by atoms with Gasteiger partial charge in [0.25, 0.3) is 0 Å². The van der Waals surface area contributed by atoms with Crippen molar-refractivity contribution < 1.29 is 17.9 Å². The Balaban J connectivity index is 2.96. The van der Waals surface area contributed by atoms with E-state index in [2.05, 4.69) is 0 Å². The summed E-state index contributed by atoms with van der Waals surface area (Å²) in [5.74, 6) is 0.567. The van der Waals surface area contributed by atoms with Crippen molar-refractivity contribution in [2.45, 2.75) is 19.5 Å². The molecule has 0 spiro atoms. The average Bonchev–Trinajstić information content (AvgIpc) is 2.39. The predicted molar refractivity (Wildman–Crippen MR) is 72.5 cm³/mol. The van der Waals surface area contributed by atoms with Gasteiger partial charge in [-0.15, -0.1) is 0 Å². The van der Waals surface area contributed by atoms with E-state index in [0.29, 0.717) is 19.5 Å². The van der Waals surface area contributed by atoms with Gasteiger partial charge in [-0.3, -0.25) is 0 Å². The van der Waals surface area contributed by atoms with Crippen LogP contribution in [0.25, 0.3) is 0 Å². The van der Waals surface area contributed by atoms with E-state index in [1.165, 1.54) is 13.2 Å². The topological polar surface area (TPSA) is 61.3 Å². The van der Waals surface area contributed by atoms with Crippen molar-refractivity contribution in [2.75, 3.05) is 20.2 Å². The van der Waals surface area contributed by atoms with E-state index in [1.807, 2.05) is 6.92 Å². The molecule has 1 aromatic carbocycles. The third-order valence-corrected chi connectivity index (χ3v) is 3.57. The number of methoxy groups -OCH3 is 1. The fourth-order valence-electron chi connectivity index (χ4n) is 2.16. The largest absolute Gasteiger partial charge is 0.496 e. The number of nitrogens with two attached hydrogens (primary N) is 2. The summed E-state index contributed by atoms with van der Waals surface area (Å²) in [6, 6.07) is 3.56. The van der Waals surface area contributed by atoms with Crippen LogP contribution in [0.1, 0.15) is 18.1 Å². The number of alkyl halides is 3. The molecule has 114 valence electrons. The third kappa shape index (κ3) is 4.11. The van der Waals surface area contributed by atoms with Crippen LogP contribution in [-0.4, -0.2) is 20.2 Å². The van der Waals surface area contributed by atoms with Gasteiger partial charge in [0.1, 0.15) is 5.75 Å². The van der Waals surface area contributed by atoms with Crippen LogP contribution in [0.5, 0.6) is 5.75 Å². The Labute approximate surface area is 117 Å². The fraction of sp³-hybridized carbons (Fsp3) is 0.571. The lowest BCUT2D eigenvalue weighted by molar-refractivity contribution is -0.137. The van der Waals surface area contributed by atoms with Crippen molar-refractivity contribution in [2.24, 2.45) is 23.3 Å². The van der Waals surface area contributed by atoms with Crippen LogP contribution < -0.4 is 16.2 Å². The molecule has 0 radical (unpaired) electrons. The SMILES string of the molecule is COc1cc(C(F)(F)F)ccc1CC(C)C(CN)CN. The molecule has 0 bridgehead atoms. The van der Waals surface area contributed by atoms with Gasteiger partial charge in [0.15, 0.2) is 0 Å². The summed E-state index contributed by atoms with van der Waals surface area (Å²) in [4.78, 5) is 0. The van der Waals surface area contributed by atoms with Crippen molar-refractivity contribution in [1.82, 2.24) is 0 Å². The second-order valence-corrected chi connectivity index (χ2v) is 4.94. The second-order valence-electron chi connectivity index (χ2n) is 4.94. The maximum absolute atomic E-state index is 12.6. The molecular weight excluding hydrogens is 269 g/mol. The first kappa shape index (κ1) is 16.8. The van der Waals surface area contributed by atoms with Crippen LogP contribution in [0.4, 0.5) is 13.2 Å². The van der Waals surface area contributed by atoms with E-state index < -0.39 is 11.7 Å². The number of hydrogen-bond donors (Lipinski definition) is 2. The zero-order chi connectivity index (χ0) is 15.3. The van der Waals surface area contributed by atoms with Crippen LogP contribution in [0.15, 0.2) is 18.2 Å². The number of halogens is 3. The normalized spacial score (nSPS) is 13.6. The molecule has 0 saturated carbocycles. The smallest absolute Gasteiger partial charge is 0.416 e. The van der Waals surface area contributed by atoms with E-state index in [1.54, 1.807) is 0 Å². The minimum atomic E-state index is -4.37. The van der Waals surface area contributed by atoms with Gasteiger partial charge >= 0.3 is 6.18 Å². The lowest BCUT2D eigenvalue weighted by Crippen LogP contribution is -2.30. The molecule has 0 aliphatic carbocycles. The highest BCUT2D eigenvalue weighted by atomic mass is 19.4. The lowest BCUT2D eigenvalue weighted by atomic mass is 9.88. The highest BCUT2D eigenvalue weighted by Crippen LogP contribution is 2.34. The molecule has 0 heterocycles. The molecule has 20 heavy (non-hydrogen) atoms. The molecule has 0 aromatic heterocycles. The van der Waals surface area contributed by atoms with Crippen molar-refractivity contribution in [1.29, 1.82) is 0 Å². The minimum Gasteiger partial charge on any atom is -0.496 e. The minimum absolute atomic E-state index is 0.141. The molecule has 1 aromatic rings. The molecule has 4 N–H and O–H groups in total. The summed E-state index contributed by atoms with van der Waals surface area (Å²) in [5, 5.41) is 0.